The number of rotatable bonds is 9. The molecule has 0 aliphatic carbocycles. The van der Waals surface area contributed by atoms with E-state index in [1.807, 2.05) is 14.1 Å². The summed E-state index contributed by atoms with van der Waals surface area (Å²) in [5, 5.41) is 5.39. The Morgan fingerprint density at radius 3 is 2.76 bits per heavy atom. The molecule has 0 aromatic carbocycles. The number of hydrogen-bond donors (Lipinski definition) is 1. The van der Waals surface area contributed by atoms with E-state index < -0.39 is 6.17 Å². The Kier molecular flexibility index (Phi) is 7.24. The van der Waals surface area contributed by atoms with Gasteiger partial charge in [-0.15, -0.1) is 11.3 Å². The molecule has 2 aromatic rings. The minimum Gasteiger partial charge on any atom is -0.369 e. The van der Waals surface area contributed by atoms with Crippen molar-refractivity contribution in [2.45, 2.75) is 45.3 Å². The first kappa shape index (κ1) is 19.2. The van der Waals surface area contributed by atoms with E-state index in [0.29, 0.717) is 5.95 Å². The van der Waals surface area contributed by atoms with Gasteiger partial charge in [-0.1, -0.05) is 13.0 Å². The summed E-state index contributed by atoms with van der Waals surface area (Å²) < 4.78 is 13.7. The van der Waals surface area contributed by atoms with E-state index in [4.69, 9.17) is 0 Å². The molecule has 2 aromatic heterocycles. The van der Waals surface area contributed by atoms with Gasteiger partial charge in [-0.2, -0.15) is 15.0 Å². The first-order chi connectivity index (χ1) is 12.0. The van der Waals surface area contributed by atoms with E-state index in [-0.39, 0.29) is 17.8 Å². The number of thiophene rings is 1. The second kappa shape index (κ2) is 9.41. The zero-order valence-corrected chi connectivity index (χ0v) is 15.9. The molecule has 2 unspecified atom stereocenters. The molecule has 8 heteroatoms. The fourth-order valence-corrected chi connectivity index (χ4v) is 2.90. The molecule has 2 rings (SSSR count). The lowest BCUT2D eigenvalue weighted by Crippen LogP contribution is -2.21. The van der Waals surface area contributed by atoms with Crippen LogP contribution in [0.4, 0.5) is 16.3 Å². The second-order valence-electron chi connectivity index (χ2n) is 6.01. The molecule has 0 spiro atoms. The van der Waals surface area contributed by atoms with Crippen LogP contribution >= 0.6 is 11.3 Å². The Bertz CT molecular complexity index is 672. The average molecular weight is 364 g/mol. The lowest BCUT2D eigenvalue weighted by atomic mass is 10.1. The number of anilines is 1. The van der Waals surface area contributed by atoms with Gasteiger partial charge in [0.05, 0.1) is 6.34 Å². The third kappa shape index (κ3) is 6.38. The van der Waals surface area contributed by atoms with Gasteiger partial charge in [0.2, 0.25) is 5.95 Å². The van der Waals surface area contributed by atoms with Gasteiger partial charge in [0.25, 0.3) is 5.95 Å². The van der Waals surface area contributed by atoms with Crippen LogP contribution in [0.15, 0.2) is 22.5 Å². The first-order valence-electron chi connectivity index (χ1n) is 8.37. The van der Waals surface area contributed by atoms with Crippen molar-refractivity contribution in [3.05, 3.63) is 28.2 Å². The SMILES string of the molecule is CCC(CCc1cccs1)Nc1nc(/N=C/N(C)C)nc(C(C)F)n1. The summed E-state index contributed by atoms with van der Waals surface area (Å²) in [4.78, 5) is 19.8. The maximum Gasteiger partial charge on any atom is 0.255 e. The smallest absolute Gasteiger partial charge is 0.255 e. The fourth-order valence-electron chi connectivity index (χ4n) is 2.18. The van der Waals surface area contributed by atoms with Crippen LogP contribution in [0.3, 0.4) is 0 Å². The number of aliphatic imine (C=N–C) groups is 1. The molecule has 25 heavy (non-hydrogen) atoms. The van der Waals surface area contributed by atoms with Crippen LogP contribution in [0.1, 0.15) is 43.6 Å². The molecule has 0 fully saturated rings. The molecule has 0 aliphatic rings. The zero-order valence-electron chi connectivity index (χ0n) is 15.1. The van der Waals surface area contributed by atoms with Crippen LogP contribution in [-0.4, -0.2) is 46.3 Å². The molecule has 0 radical (unpaired) electrons. The number of aryl methyl sites for hydroxylation is 1. The maximum absolute atomic E-state index is 13.7. The van der Waals surface area contributed by atoms with Crippen LogP contribution in [-0.2, 0) is 6.42 Å². The van der Waals surface area contributed by atoms with Crippen molar-refractivity contribution in [3.8, 4) is 0 Å². The van der Waals surface area contributed by atoms with Crippen LogP contribution in [0.2, 0.25) is 0 Å². The monoisotopic (exact) mass is 364 g/mol. The Hall–Kier alpha value is -2.09. The molecule has 6 nitrogen and oxygen atoms in total. The van der Waals surface area contributed by atoms with Crippen LogP contribution < -0.4 is 5.32 Å². The Labute approximate surface area is 152 Å². The normalized spacial score (nSPS) is 13.8. The van der Waals surface area contributed by atoms with E-state index >= 15 is 0 Å². The molecule has 0 saturated heterocycles. The van der Waals surface area contributed by atoms with E-state index in [9.17, 15) is 4.39 Å². The number of nitrogens with zero attached hydrogens (tertiary/aromatic N) is 5. The number of alkyl halides is 1. The summed E-state index contributed by atoms with van der Waals surface area (Å²) in [5.74, 6) is 0.675. The predicted octanol–water partition coefficient (Wildman–Crippen LogP) is 4.01. The summed E-state index contributed by atoms with van der Waals surface area (Å²) >= 11 is 1.76. The predicted molar refractivity (Wildman–Crippen MR) is 102 cm³/mol. The van der Waals surface area contributed by atoms with E-state index in [2.05, 4.69) is 49.7 Å². The van der Waals surface area contributed by atoms with Crippen molar-refractivity contribution in [1.29, 1.82) is 0 Å². The van der Waals surface area contributed by atoms with Gasteiger partial charge >= 0.3 is 0 Å². The number of nitrogens with one attached hydrogen (secondary N) is 1. The molecule has 0 saturated carbocycles. The molecule has 2 heterocycles. The third-order valence-corrected chi connectivity index (χ3v) is 4.48. The third-order valence-electron chi connectivity index (χ3n) is 3.55. The summed E-state index contributed by atoms with van der Waals surface area (Å²) in [7, 11) is 3.69. The molecule has 2 atom stereocenters. The highest BCUT2D eigenvalue weighted by atomic mass is 32.1. The number of hydrogen-bond acceptors (Lipinski definition) is 6. The summed E-state index contributed by atoms with van der Waals surface area (Å²) in [6.07, 6.45) is 3.18. The molecule has 136 valence electrons. The van der Waals surface area contributed by atoms with Crippen LogP contribution in [0.5, 0.6) is 0 Å². The van der Waals surface area contributed by atoms with Gasteiger partial charge in [0.15, 0.2) is 12.0 Å². The number of aromatic nitrogens is 3. The highest BCUT2D eigenvalue weighted by molar-refractivity contribution is 7.09. The van der Waals surface area contributed by atoms with E-state index in [1.54, 1.807) is 22.6 Å². The summed E-state index contributed by atoms with van der Waals surface area (Å²) in [6.45, 7) is 3.52. The maximum atomic E-state index is 13.7. The second-order valence-corrected chi connectivity index (χ2v) is 7.04. The largest absolute Gasteiger partial charge is 0.369 e. The van der Waals surface area contributed by atoms with Crippen molar-refractivity contribution in [2.24, 2.45) is 4.99 Å². The summed E-state index contributed by atoms with van der Waals surface area (Å²) in [5.41, 5.74) is 0. The molecule has 0 bridgehead atoms. The number of halogens is 1. The zero-order chi connectivity index (χ0) is 18.2. The van der Waals surface area contributed by atoms with E-state index in [1.165, 1.54) is 11.8 Å². The van der Waals surface area contributed by atoms with Crippen molar-refractivity contribution < 1.29 is 4.39 Å². The lowest BCUT2D eigenvalue weighted by molar-refractivity contribution is 0.356. The van der Waals surface area contributed by atoms with Gasteiger partial charge in [-0.25, -0.2) is 9.38 Å². The molecule has 1 N–H and O–H groups in total. The Morgan fingerprint density at radius 1 is 1.36 bits per heavy atom. The molecular formula is C17H25FN6S. The van der Waals surface area contributed by atoms with Gasteiger partial charge in [-0.3, -0.25) is 0 Å². The van der Waals surface area contributed by atoms with Gasteiger partial charge < -0.3 is 10.2 Å². The van der Waals surface area contributed by atoms with Gasteiger partial charge in [0.1, 0.15) is 0 Å². The minimum atomic E-state index is -1.27. The Balaban J connectivity index is 2.11. The average Bonchev–Trinajstić information content (AvgIpc) is 3.10. The van der Waals surface area contributed by atoms with Crippen molar-refractivity contribution in [1.82, 2.24) is 19.9 Å². The molecule has 0 amide bonds. The van der Waals surface area contributed by atoms with Crippen LogP contribution in [0, 0.1) is 0 Å². The molecule has 0 aliphatic heterocycles. The van der Waals surface area contributed by atoms with Crippen molar-refractivity contribution in [3.63, 3.8) is 0 Å². The van der Waals surface area contributed by atoms with Crippen molar-refractivity contribution in [2.75, 3.05) is 19.4 Å². The molecular weight excluding hydrogens is 339 g/mol. The standard InChI is InChI=1S/C17H25FN6S/c1-5-13(8-9-14-7-6-10-25-14)20-17-22-15(12(2)18)21-16(23-17)19-11-24(3)4/h6-7,10-13H,5,8-9H2,1-4H3,(H,20,21,22,23)/b19-11+. The van der Waals surface area contributed by atoms with Crippen molar-refractivity contribution >= 4 is 29.6 Å². The fraction of sp³-hybridized carbons (Fsp3) is 0.529. The topological polar surface area (TPSA) is 66.3 Å². The highest BCUT2D eigenvalue weighted by Gasteiger charge is 2.14. The quantitative estimate of drug-likeness (QED) is 0.538. The van der Waals surface area contributed by atoms with Gasteiger partial charge in [0, 0.05) is 25.0 Å². The summed E-state index contributed by atoms with van der Waals surface area (Å²) in [6, 6.07) is 4.40. The lowest BCUT2D eigenvalue weighted by Gasteiger charge is -2.17. The Morgan fingerprint density at radius 2 is 2.16 bits per heavy atom. The minimum absolute atomic E-state index is 0.0940. The van der Waals surface area contributed by atoms with Gasteiger partial charge in [-0.05, 0) is 37.6 Å². The highest BCUT2D eigenvalue weighted by Crippen LogP contribution is 2.19. The van der Waals surface area contributed by atoms with Crippen LogP contribution in [0.25, 0.3) is 0 Å². The van der Waals surface area contributed by atoms with E-state index in [0.717, 1.165) is 19.3 Å². The first-order valence-corrected chi connectivity index (χ1v) is 9.25.